The maximum Gasteiger partial charge on any atom is 0.147 e. The standard InChI is InChI=1S/C11H18Cl2N4/c1-14-10-8(12)7-9(13)11(16-10)15-5-4-6-17(2)3/h7H,4-6H2,1-3H3,(H2,14,15,16). The van der Waals surface area contributed by atoms with Gasteiger partial charge >= 0.3 is 0 Å². The summed E-state index contributed by atoms with van der Waals surface area (Å²) in [6.07, 6.45) is 1.03. The fourth-order valence-corrected chi connectivity index (χ4v) is 1.89. The van der Waals surface area contributed by atoms with Crippen LogP contribution in [-0.4, -0.2) is 44.1 Å². The first kappa shape index (κ1) is 14.4. The lowest BCUT2D eigenvalue weighted by molar-refractivity contribution is 0.405. The van der Waals surface area contributed by atoms with Crippen LogP contribution in [0.15, 0.2) is 6.07 Å². The van der Waals surface area contributed by atoms with Gasteiger partial charge in [-0.05, 0) is 33.1 Å². The van der Waals surface area contributed by atoms with E-state index in [4.69, 9.17) is 23.2 Å². The van der Waals surface area contributed by atoms with Crippen molar-refractivity contribution < 1.29 is 0 Å². The minimum Gasteiger partial charge on any atom is -0.372 e. The van der Waals surface area contributed by atoms with Crippen LogP contribution < -0.4 is 10.6 Å². The molecule has 0 saturated heterocycles. The van der Waals surface area contributed by atoms with Gasteiger partial charge in [0, 0.05) is 13.6 Å². The highest BCUT2D eigenvalue weighted by molar-refractivity contribution is 6.37. The van der Waals surface area contributed by atoms with Crippen LogP contribution in [0.25, 0.3) is 0 Å². The Labute approximate surface area is 112 Å². The number of pyridine rings is 1. The van der Waals surface area contributed by atoms with E-state index in [-0.39, 0.29) is 0 Å². The van der Waals surface area contributed by atoms with Crippen molar-refractivity contribution in [2.75, 3.05) is 44.9 Å². The van der Waals surface area contributed by atoms with E-state index >= 15 is 0 Å². The Hall–Kier alpha value is -0.710. The van der Waals surface area contributed by atoms with Crippen LogP contribution in [0.1, 0.15) is 6.42 Å². The zero-order valence-electron chi connectivity index (χ0n) is 10.3. The Morgan fingerprint density at radius 2 is 1.88 bits per heavy atom. The van der Waals surface area contributed by atoms with Crippen molar-refractivity contribution in [3.8, 4) is 0 Å². The summed E-state index contributed by atoms with van der Waals surface area (Å²) in [6, 6.07) is 1.69. The molecule has 6 heteroatoms. The van der Waals surface area contributed by atoms with Crippen LogP contribution >= 0.6 is 23.2 Å². The van der Waals surface area contributed by atoms with E-state index in [1.165, 1.54) is 0 Å². The maximum absolute atomic E-state index is 6.05. The van der Waals surface area contributed by atoms with Gasteiger partial charge in [-0.25, -0.2) is 4.98 Å². The first-order chi connectivity index (χ1) is 8.04. The quantitative estimate of drug-likeness (QED) is 0.784. The molecule has 0 aliphatic rings. The Kier molecular flexibility index (Phi) is 5.82. The molecule has 96 valence electrons. The van der Waals surface area contributed by atoms with Gasteiger partial charge in [-0.1, -0.05) is 23.2 Å². The lowest BCUT2D eigenvalue weighted by atomic mass is 10.4. The summed E-state index contributed by atoms with van der Waals surface area (Å²) in [5, 5.41) is 7.19. The van der Waals surface area contributed by atoms with Crippen molar-refractivity contribution in [3.05, 3.63) is 16.1 Å². The molecule has 0 aliphatic carbocycles. The van der Waals surface area contributed by atoms with E-state index in [9.17, 15) is 0 Å². The highest BCUT2D eigenvalue weighted by Crippen LogP contribution is 2.28. The fourth-order valence-electron chi connectivity index (χ4n) is 1.37. The number of nitrogens with zero attached hydrogens (tertiary/aromatic N) is 2. The summed E-state index contributed by atoms with van der Waals surface area (Å²) in [7, 11) is 5.87. The topological polar surface area (TPSA) is 40.2 Å². The summed E-state index contributed by atoms with van der Waals surface area (Å²) in [5.41, 5.74) is 0. The van der Waals surface area contributed by atoms with Gasteiger partial charge in [0.1, 0.15) is 11.6 Å². The Morgan fingerprint density at radius 1 is 1.24 bits per heavy atom. The van der Waals surface area contributed by atoms with Gasteiger partial charge in [-0.15, -0.1) is 0 Å². The van der Waals surface area contributed by atoms with E-state index in [0.29, 0.717) is 21.7 Å². The number of anilines is 2. The first-order valence-electron chi connectivity index (χ1n) is 5.47. The number of hydrogen-bond donors (Lipinski definition) is 2. The summed E-state index contributed by atoms with van der Waals surface area (Å²) >= 11 is 12.0. The predicted octanol–water partition coefficient (Wildman–Crippen LogP) is 2.79. The van der Waals surface area contributed by atoms with E-state index in [0.717, 1.165) is 19.5 Å². The molecule has 0 unspecified atom stereocenters. The average Bonchev–Trinajstić information content (AvgIpc) is 2.26. The predicted molar refractivity (Wildman–Crippen MR) is 75.5 cm³/mol. The molecule has 0 atom stereocenters. The number of halogens is 2. The normalized spacial score (nSPS) is 10.7. The van der Waals surface area contributed by atoms with Crippen molar-refractivity contribution >= 4 is 34.8 Å². The molecule has 1 heterocycles. The van der Waals surface area contributed by atoms with Crippen molar-refractivity contribution in [2.45, 2.75) is 6.42 Å². The van der Waals surface area contributed by atoms with Gasteiger partial charge in [0.15, 0.2) is 0 Å². The minimum absolute atomic E-state index is 0.524. The van der Waals surface area contributed by atoms with Crippen molar-refractivity contribution in [2.24, 2.45) is 0 Å². The van der Waals surface area contributed by atoms with Gasteiger partial charge in [0.25, 0.3) is 0 Å². The molecular formula is C11H18Cl2N4. The lowest BCUT2D eigenvalue weighted by Crippen LogP contribution is -2.16. The highest BCUT2D eigenvalue weighted by atomic mass is 35.5. The molecule has 0 saturated carbocycles. The molecule has 0 fully saturated rings. The van der Waals surface area contributed by atoms with Crippen LogP contribution in [0.3, 0.4) is 0 Å². The molecule has 0 spiro atoms. The SMILES string of the molecule is CNc1nc(NCCCN(C)C)c(Cl)cc1Cl. The van der Waals surface area contributed by atoms with Gasteiger partial charge in [-0.3, -0.25) is 0 Å². The zero-order valence-corrected chi connectivity index (χ0v) is 11.9. The number of hydrogen-bond acceptors (Lipinski definition) is 4. The van der Waals surface area contributed by atoms with Gasteiger partial charge in [-0.2, -0.15) is 0 Å². The third-order valence-electron chi connectivity index (χ3n) is 2.24. The minimum atomic E-state index is 0.524. The maximum atomic E-state index is 6.05. The molecule has 1 aromatic rings. The van der Waals surface area contributed by atoms with Crippen molar-refractivity contribution in [3.63, 3.8) is 0 Å². The molecule has 1 rings (SSSR count). The molecule has 0 radical (unpaired) electrons. The van der Waals surface area contributed by atoms with E-state index in [1.54, 1.807) is 13.1 Å². The van der Waals surface area contributed by atoms with Crippen molar-refractivity contribution in [1.29, 1.82) is 0 Å². The molecule has 0 aliphatic heterocycles. The molecule has 17 heavy (non-hydrogen) atoms. The molecule has 1 aromatic heterocycles. The first-order valence-corrected chi connectivity index (χ1v) is 6.22. The number of rotatable bonds is 6. The molecular weight excluding hydrogens is 259 g/mol. The average molecular weight is 277 g/mol. The lowest BCUT2D eigenvalue weighted by Gasteiger charge is -2.12. The summed E-state index contributed by atoms with van der Waals surface area (Å²) in [6.45, 7) is 1.85. The van der Waals surface area contributed by atoms with Gasteiger partial charge < -0.3 is 15.5 Å². The third kappa shape index (κ3) is 4.58. The smallest absolute Gasteiger partial charge is 0.147 e. The molecule has 0 amide bonds. The van der Waals surface area contributed by atoms with Crippen LogP contribution in [0.5, 0.6) is 0 Å². The number of aromatic nitrogens is 1. The molecule has 4 nitrogen and oxygen atoms in total. The Morgan fingerprint density at radius 3 is 2.47 bits per heavy atom. The summed E-state index contributed by atoms with van der Waals surface area (Å²) < 4.78 is 0. The third-order valence-corrected chi connectivity index (χ3v) is 2.82. The monoisotopic (exact) mass is 276 g/mol. The second kappa shape index (κ2) is 6.89. The zero-order chi connectivity index (χ0) is 12.8. The van der Waals surface area contributed by atoms with Crippen LogP contribution in [0.4, 0.5) is 11.6 Å². The van der Waals surface area contributed by atoms with E-state index in [1.807, 2.05) is 14.1 Å². The Balaban J connectivity index is 2.58. The largest absolute Gasteiger partial charge is 0.372 e. The Bertz CT molecular complexity index is 369. The van der Waals surface area contributed by atoms with Crippen LogP contribution in [-0.2, 0) is 0 Å². The molecule has 0 aromatic carbocycles. The second-order valence-electron chi connectivity index (χ2n) is 3.98. The molecule has 0 bridgehead atoms. The highest BCUT2D eigenvalue weighted by Gasteiger charge is 2.07. The van der Waals surface area contributed by atoms with E-state index < -0.39 is 0 Å². The van der Waals surface area contributed by atoms with E-state index in [2.05, 4.69) is 20.5 Å². The summed E-state index contributed by atoms with van der Waals surface area (Å²) in [5.74, 6) is 1.30. The van der Waals surface area contributed by atoms with Gasteiger partial charge in [0.05, 0.1) is 10.0 Å². The fraction of sp³-hybridized carbons (Fsp3) is 0.545. The van der Waals surface area contributed by atoms with Crippen LogP contribution in [0.2, 0.25) is 10.0 Å². The van der Waals surface area contributed by atoms with Crippen LogP contribution in [0, 0.1) is 0 Å². The number of nitrogens with one attached hydrogen (secondary N) is 2. The second-order valence-corrected chi connectivity index (χ2v) is 4.80. The molecule has 2 N–H and O–H groups in total. The summed E-state index contributed by atoms with van der Waals surface area (Å²) in [4.78, 5) is 6.44. The van der Waals surface area contributed by atoms with Crippen molar-refractivity contribution in [1.82, 2.24) is 9.88 Å². The van der Waals surface area contributed by atoms with Gasteiger partial charge in [0.2, 0.25) is 0 Å².